The Morgan fingerprint density at radius 3 is 2.82 bits per heavy atom. The van der Waals surface area contributed by atoms with Gasteiger partial charge in [0.05, 0.1) is 5.33 Å². The van der Waals surface area contributed by atoms with Crippen LogP contribution in [0.4, 0.5) is 4.39 Å². The zero-order chi connectivity index (χ0) is 12.3. The highest BCUT2D eigenvalue weighted by Gasteiger charge is 2.23. The van der Waals surface area contributed by atoms with Crippen molar-refractivity contribution in [2.45, 2.75) is 6.04 Å². The summed E-state index contributed by atoms with van der Waals surface area (Å²) in [5, 5.41) is 3.68. The fourth-order valence-corrected chi connectivity index (χ4v) is 2.33. The van der Waals surface area contributed by atoms with Gasteiger partial charge in [0.1, 0.15) is 5.82 Å². The Bertz CT molecular complexity index is 396. The van der Waals surface area contributed by atoms with Crippen LogP contribution in [0.1, 0.15) is 11.6 Å². The van der Waals surface area contributed by atoms with Crippen LogP contribution in [0, 0.1) is 5.82 Å². The maximum absolute atomic E-state index is 12.8. The number of alkyl halides is 1. The first-order valence-corrected chi connectivity index (χ1v) is 6.65. The van der Waals surface area contributed by atoms with Crippen LogP contribution in [0.3, 0.4) is 0 Å². The number of carbonyl (C=O) groups is 1. The van der Waals surface area contributed by atoms with Crippen LogP contribution in [0.15, 0.2) is 24.3 Å². The van der Waals surface area contributed by atoms with E-state index >= 15 is 0 Å². The molecule has 2 rings (SSSR count). The molecule has 3 nitrogen and oxygen atoms in total. The van der Waals surface area contributed by atoms with Crippen LogP contribution in [-0.4, -0.2) is 35.8 Å². The molecule has 1 aliphatic rings. The fourth-order valence-electron chi connectivity index (χ4n) is 1.98. The maximum atomic E-state index is 12.8. The molecule has 1 aliphatic heterocycles. The molecule has 5 heteroatoms. The quantitative estimate of drug-likeness (QED) is 0.843. The van der Waals surface area contributed by atoms with Gasteiger partial charge in [-0.05, 0) is 17.7 Å². The minimum absolute atomic E-state index is 0.0901. The van der Waals surface area contributed by atoms with Crippen molar-refractivity contribution < 1.29 is 9.18 Å². The average molecular weight is 301 g/mol. The van der Waals surface area contributed by atoms with Gasteiger partial charge >= 0.3 is 0 Å². The molecular formula is C12H14BrFN2O. The average Bonchev–Trinajstić information content (AvgIpc) is 2.39. The van der Waals surface area contributed by atoms with Crippen LogP contribution in [0.25, 0.3) is 0 Å². The van der Waals surface area contributed by atoms with Crippen LogP contribution < -0.4 is 5.32 Å². The number of rotatable bonds is 2. The number of hydrogen-bond acceptors (Lipinski definition) is 2. The van der Waals surface area contributed by atoms with Crippen LogP contribution >= 0.6 is 15.9 Å². The summed E-state index contributed by atoms with van der Waals surface area (Å²) in [6, 6.07) is 6.50. The van der Waals surface area contributed by atoms with E-state index in [1.807, 2.05) is 4.90 Å². The molecule has 1 saturated heterocycles. The van der Waals surface area contributed by atoms with Crippen molar-refractivity contribution in [2.75, 3.05) is 25.0 Å². The summed E-state index contributed by atoms with van der Waals surface area (Å²) in [7, 11) is 0. The van der Waals surface area contributed by atoms with Crippen molar-refractivity contribution in [1.29, 1.82) is 0 Å². The van der Waals surface area contributed by atoms with Crippen LogP contribution in [-0.2, 0) is 4.79 Å². The predicted octanol–water partition coefficient (Wildman–Crippen LogP) is 1.69. The van der Waals surface area contributed by atoms with E-state index < -0.39 is 0 Å². The number of hydrogen-bond donors (Lipinski definition) is 1. The topological polar surface area (TPSA) is 32.3 Å². The van der Waals surface area contributed by atoms with Crippen molar-refractivity contribution in [1.82, 2.24) is 10.2 Å². The van der Waals surface area contributed by atoms with E-state index in [9.17, 15) is 9.18 Å². The van der Waals surface area contributed by atoms with Gasteiger partial charge in [-0.2, -0.15) is 0 Å². The first-order chi connectivity index (χ1) is 8.20. The Morgan fingerprint density at radius 2 is 2.18 bits per heavy atom. The minimum atomic E-state index is -0.238. The Hall–Kier alpha value is -0.940. The molecule has 0 radical (unpaired) electrons. The highest BCUT2D eigenvalue weighted by molar-refractivity contribution is 9.09. The van der Waals surface area contributed by atoms with Crippen molar-refractivity contribution in [3.63, 3.8) is 0 Å². The van der Waals surface area contributed by atoms with E-state index in [0.717, 1.165) is 18.7 Å². The molecule has 1 amide bonds. The number of amides is 1. The standard InChI is InChI=1S/C12H14BrFN2O/c13-7-12(17)16-6-5-15-11(8-16)9-1-3-10(14)4-2-9/h1-4,11,15H,5-8H2. The predicted molar refractivity (Wildman–Crippen MR) is 67.5 cm³/mol. The SMILES string of the molecule is O=C(CBr)N1CCNC(c2ccc(F)cc2)C1. The van der Waals surface area contributed by atoms with E-state index in [0.29, 0.717) is 11.9 Å². The summed E-state index contributed by atoms with van der Waals surface area (Å²) in [4.78, 5) is 13.4. The molecule has 0 aromatic heterocycles. The van der Waals surface area contributed by atoms with E-state index in [4.69, 9.17) is 0 Å². The van der Waals surface area contributed by atoms with Gasteiger partial charge < -0.3 is 10.2 Å². The van der Waals surface area contributed by atoms with Gasteiger partial charge in [0.15, 0.2) is 0 Å². The number of nitrogens with one attached hydrogen (secondary N) is 1. The smallest absolute Gasteiger partial charge is 0.233 e. The van der Waals surface area contributed by atoms with E-state index in [2.05, 4.69) is 21.2 Å². The van der Waals surface area contributed by atoms with Crippen LogP contribution in [0.5, 0.6) is 0 Å². The first-order valence-electron chi connectivity index (χ1n) is 5.53. The number of carbonyl (C=O) groups excluding carboxylic acids is 1. The molecule has 92 valence electrons. The number of piperazine rings is 1. The molecule has 0 aliphatic carbocycles. The molecule has 0 spiro atoms. The number of halogens is 2. The molecule has 1 N–H and O–H groups in total. The minimum Gasteiger partial charge on any atom is -0.339 e. The van der Waals surface area contributed by atoms with Gasteiger partial charge in [-0.15, -0.1) is 0 Å². The second kappa shape index (κ2) is 5.60. The third-order valence-electron chi connectivity index (χ3n) is 2.91. The molecule has 1 unspecified atom stereocenters. The van der Waals surface area contributed by atoms with E-state index in [1.54, 1.807) is 12.1 Å². The molecule has 0 saturated carbocycles. The van der Waals surface area contributed by atoms with Crippen molar-refractivity contribution in [3.05, 3.63) is 35.6 Å². The van der Waals surface area contributed by atoms with Gasteiger partial charge in [-0.3, -0.25) is 4.79 Å². The zero-order valence-corrected chi connectivity index (χ0v) is 10.9. The van der Waals surface area contributed by atoms with Gasteiger partial charge in [0.2, 0.25) is 5.91 Å². The lowest BCUT2D eigenvalue weighted by Crippen LogP contribution is -2.48. The van der Waals surface area contributed by atoms with E-state index in [-0.39, 0.29) is 17.8 Å². The summed E-state index contributed by atoms with van der Waals surface area (Å²) < 4.78 is 12.8. The molecular weight excluding hydrogens is 287 g/mol. The van der Waals surface area contributed by atoms with Crippen LogP contribution in [0.2, 0.25) is 0 Å². The third-order valence-corrected chi connectivity index (χ3v) is 3.39. The lowest BCUT2D eigenvalue weighted by molar-refractivity contribution is -0.129. The summed E-state index contributed by atoms with van der Waals surface area (Å²) >= 11 is 3.17. The molecule has 1 atom stereocenters. The fraction of sp³-hybridized carbons (Fsp3) is 0.417. The first kappa shape index (κ1) is 12.5. The van der Waals surface area contributed by atoms with E-state index in [1.165, 1.54) is 12.1 Å². The van der Waals surface area contributed by atoms with Gasteiger partial charge in [-0.25, -0.2) is 4.39 Å². The maximum Gasteiger partial charge on any atom is 0.233 e. The summed E-state index contributed by atoms with van der Waals surface area (Å²) in [6.07, 6.45) is 0. The summed E-state index contributed by atoms with van der Waals surface area (Å²) in [5.74, 6) is -0.142. The molecule has 1 aromatic carbocycles. The highest BCUT2D eigenvalue weighted by Crippen LogP contribution is 2.18. The molecule has 0 bridgehead atoms. The van der Waals surface area contributed by atoms with Crippen molar-refractivity contribution in [2.24, 2.45) is 0 Å². The normalized spacial score (nSPS) is 20.4. The number of nitrogens with zero attached hydrogens (tertiary/aromatic N) is 1. The Labute approximate surface area is 108 Å². The Kier molecular flexibility index (Phi) is 4.12. The lowest BCUT2D eigenvalue weighted by Gasteiger charge is -2.33. The Morgan fingerprint density at radius 1 is 1.47 bits per heavy atom. The second-order valence-corrected chi connectivity index (χ2v) is 4.59. The highest BCUT2D eigenvalue weighted by atomic mass is 79.9. The van der Waals surface area contributed by atoms with Gasteiger partial charge in [0, 0.05) is 25.7 Å². The largest absolute Gasteiger partial charge is 0.339 e. The molecule has 1 heterocycles. The zero-order valence-electron chi connectivity index (χ0n) is 9.33. The number of benzene rings is 1. The van der Waals surface area contributed by atoms with Gasteiger partial charge in [0.25, 0.3) is 0 Å². The molecule has 1 fully saturated rings. The van der Waals surface area contributed by atoms with Crippen molar-refractivity contribution in [3.8, 4) is 0 Å². The Balaban J connectivity index is 2.06. The molecule has 17 heavy (non-hydrogen) atoms. The molecule has 1 aromatic rings. The second-order valence-electron chi connectivity index (χ2n) is 4.03. The third kappa shape index (κ3) is 3.04. The summed E-state index contributed by atoms with van der Waals surface area (Å²) in [5.41, 5.74) is 1.01. The monoisotopic (exact) mass is 300 g/mol. The van der Waals surface area contributed by atoms with Crippen molar-refractivity contribution >= 4 is 21.8 Å². The lowest BCUT2D eigenvalue weighted by atomic mass is 10.0. The van der Waals surface area contributed by atoms with Gasteiger partial charge in [-0.1, -0.05) is 28.1 Å². The summed E-state index contributed by atoms with van der Waals surface area (Å²) in [6.45, 7) is 2.12.